The first-order valence-electron chi connectivity index (χ1n) is 9.88. The highest BCUT2D eigenvalue weighted by molar-refractivity contribution is 6.86. The summed E-state index contributed by atoms with van der Waals surface area (Å²) in [5.41, 5.74) is 0.199. The van der Waals surface area contributed by atoms with Gasteiger partial charge < -0.3 is 8.99 Å². The molecule has 0 aliphatic heterocycles. The topological polar surface area (TPSA) is 46.6 Å². The Morgan fingerprint density at radius 3 is 1.80 bits per heavy atom. The van der Waals surface area contributed by atoms with Gasteiger partial charge in [-0.2, -0.15) is 13.2 Å². The summed E-state index contributed by atoms with van der Waals surface area (Å²) in [5, 5.41) is -0.745. The molecule has 0 N–H and O–H groups in total. The minimum absolute atomic E-state index is 0.0635. The van der Waals surface area contributed by atoms with Crippen molar-refractivity contribution >= 4 is 34.1 Å². The van der Waals surface area contributed by atoms with Crippen LogP contribution in [0.5, 0.6) is 0 Å². The van der Waals surface area contributed by atoms with Crippen LogP contribution in [-0.4, -0.2) is 34.6 Å². The van der Waals surface area contributed by atoms with E-state index in [2.05, 4.69) is 0 Å². The molecule has 1 aromatic carbocycles. The Balaban J connectivity index is 3.50. The van der Waals surface area contributed by atoms with Crippen molar-refractivity contribution in [1.29, 1.82) is 0 Å². The number of amides is 1. The first-order valence-corrected chi connectivity index (χ1v) is 15.7. The number of alkyl halides is 3. The zero-order valence-electron chi connectivity index (χ0n) is 19.6. The van der Waals surface area contributed by atoms with Gasteiger partial charge in [-0.1, -0.05) is 60.7 Å². The zero-order valence-corrected chi connectivity index (χ0v) is 21.6. The van der Waals surface area contributed by atoms with Crippen LogP contribution in [-0.2, 0) is 9.22 Å². The Hall–Kier alpha value is -1.62. The van der Waals surface area contributed by atoms with Crippen LogP contribution in [0.2, 0.25) is 36.3 Å². The smallest absolute Gasteiger partial charge is 0.470 e. The third-order valence-corrected chi connectivity index (χ3v) is 15.9. The lowest BCUT2D eigenvalue weighted by Crippen LogP contribution is -2.61. The number of rotatable bonds is 4. The Morgan fingerprint density at radius 1 is 0.900 bits per heavy atom. The van der Waals surface area contributed by atoms with Crippen LogP contribution in [0.3, 0.4) is 0 Å². The lowest BCUT2D eigenvalue weighted by atomic mass is 10.2. The van der Waals surface area contributed by atoms with Crippen molar-refractivity contribution < 1.29 is 27.2 Å². The van der Waals surface area contributed by atoms with Crippen molar-refractivity contribution in [2.75, 3.05) is 4.57 Å². The molecule has 0 heterocycles. The molecule has 0 bridgehead atoms. The summed E-state index contributed by atoms with van der Waals surface area (Å²) in [6.07, 6.45) is -5.02. The maximum absolute atomic E-state index is 13.5. The van der Waals surface area contributed by atoms with Crippen LogP contribution in [0.25, 0.3) is 0 Å². The summed E-state index contributed by atoms with van der Waals surface area (Å²) >= 11 is 0. The van der Waals surface area contributed by atoms with Gasteiger partial charge in [0, 0.05) is 5.69 Å². The van der Waals surface area contributed by atoms with E-state index in [0.717, 1.165) is 4.57 Å². The number of halogens is 3. The predicted octanol–water partition coefficient (Wildman–Crippen LogP) is 6.75. The van der Waals surface area contributed by atoms with Crippen molar-refractivity contribution in [1.82, 2.24) is 0 Å². The number of hydrogen-bond donors (Lipinski definition) is 0. The molecule has 30 heavy (non-hydrogen) atoms. The molecular formula is C21H34F3NO3Si2. The third-order valence-electron chi connectivity index (χ3n) is 6.33. The van der Waals surface area contributed by atoms with Crippen molar-refractivity contribution in [2.45, 2.75) is 84.0 Å². The second-order valence-corrected chi connectivity index (χ2v) is 20.4. The van der Waals surface area contributed by atoms with Crippen LogP contribution in [0.15, 0.2) is 24.3 Å². The van der Waals surface area contributed by atoms with Gasteiger partial charge in [0.1, 0.15) is 0 Å². The van der Waals surface area contributed by atoms with E-state index in [4.69, 9.17) is 4.43 Å². The number of hydrogen-bond acceptors (Lipinski definition) is 3. The second-order valence-electron chi connectivity index (χ2n) is 10.6. The third kappa shape index (κ3) is 5.54. The van der Waals surface area contributed by atoms with Crippen LogP contribution in [0.1, 0.15) is 51.9 Å². The summed E-state index contributed by atoms with van der Waals surface area (Å²) in [4.78, 5) is 25.2. The molecule has 1 aromatic rings. The van der Waals surface area contributed by atoms with Gasteiger partial charge in [0.15, 0.2) is 8.24 Å². The standard InChI is InChI=1S/C21H34F3NO3Si2/c1-19(2,3)29(7,8)25(18(27)21(22,23)24)16-13-11-12-15(14-16)17(26)28-30(9,10)20(4,5)6/h11-14H,1-10H3. The van der Waals surface area contributed by atoms with Gasteiger partial charge in [-0.05, 0) is 41.4 Å². The van der Waals surface area contributed by atoms with E-state index in [-0.39, 0.29) is 16.3 Å². The summed E-state index contributed by atoms with van der Waals surface area (Å²) in [6, 6.07) is 5.76. The average molecular weight is 462 g/mol. The summed E-state index contributed by atoms with van der Waals surface area (Å²) in [7, 11) is -5.38. The Morgan fingerprint density at radius 2 is 1.40 bits per heavy atom. The fourth-order valence-electron chi connectivity index (χ4n) is 2.37. The molecule has 0 spiro atoms. The number of carbonyl (C=O) groups excluding carboxylic acids is 2. The van der Waals surface area contributed by atoms with E-state index in [9.17, 15) is 22.8 Å². The first-order chi connectivity index (χ1) is 13.1. The number of anilines is 1. The molecule has 0 aliphatic carbocycles. The van der Waals surface area contributed by atoms with Crippen LogP contribution < -0.4 is 4.57 Å². The zero-order chi connectivity index (χ0) is 23.9. The monoisotopic (exact) mass is 461 g/mol. The van der Waals surface area contributed by atoms with Crippen molar-refractivity contribution in [3.63, 3.8) is 0 Å². The van der Waals surface area contributed by atoms with Gasteiger partial charge in [-0.3, -0.25) is 4.79 Å². The fraction of sp³-hybridized carbons (Fsp3) is 0.619. The lowest BCUT2D eigenvalue weighted by molar-refractivity contribution is -0.169. The maximum Gasteiger partial charge on any atom is 0.470 e. The van der Waals surface area contributed by atoms with Crippen LogP contribution >= 0.6 is 0 Å². The van der Waals surface area contributed by atoms with Gasteiger partial charge in [-0.25, -0.2) is 4.79 Å². The number of nitrogens with zero attached hydrogens (tertiary/aromatic N) is 1. The molecule has 0 radical (unpaired) electrons. The SMILES string of the molecule is CC(C)(C)[Si](C)(C)OC(=O)c1cccc(N(C(=O)C(F)(F)F)[Si](C)(C)C(C)(C)C)c1. The van der Waals surface area contributed by atoms with E-state index in [0.29, 0.717) is 0 Å². The molecule has 4 nitrogen and oxygen atoms in total. The lowest BCUT2D eigenvalue weighted by Gasteiger charge is -2.46. The summed E-state index contributed by atoms with van der Waals surface area (Å²) in [6.45, 7) is 18.7. The fourth-order valence-corrected chi connectivity index (χ4v) is 5.35. The second kappa shape index (κ2) is 8.14. The maximum atomic E-state index is 13.5. The van der Waals surface area contributed by atoms with Crippen LogP contribution in [0, 0.1) is 0 Å². The highest BCUT2D eigenvalue weighted by Gasteiger charge is 2.52. The van der Waals surface area contributed by atoms with E-state index in [1.807, 2.05) is 54.6 Å². The molecule has 0 aromatic heterocycles. The average Bonchev–Trinajstić information content (AvgIpc) is 2.51. The van der Waals surface area contributed by atoms with E-state index < -0.39 is 39.6 Å². The van der Waals surface area contributed by atoms with Gasteiger partial charge in [-0.15, -0.1) is 0 Å². The summed E-state index contributed by atoms with van der Waals surface area (Å²) < 4.78 is 47.0. The normalized spacial score (nSPS) is 13.8. The first kappa shape index (κ1) is 26.4. The molecule has 0 saturated heterocycles. The van der Waals surface area contributed by atoms with Gasteiger partial charge >= 0.3 is 18.1 Å². The van der Waals surface area contributed by atoms with E-state index in [1.165, 1.54) is 24.3 Å². The summed E-state index contributed by atoms with van der Waals surface area (Å²) in [5.74, 6) is -2.50. The molecule has 0 saturated carbocycles. The predicted molar refractivity (Wildman–Crippen MR) is 120 cm³/mol. The Labute approximate surface area is 180 Å². The van der Waals surface area contributed by atoms with Crippen LogP contribution in [0.4, 0.5) is 18.9 Å². The highest BCUT2D eigenvalue weighted by Crippen LogP contribution is 2.42. The molecule has 0 fully saturated rings. The minimum Gasteiger partial charge on any atom is -0.516 e. The number of benzene rings is 1. The molecule has 170 valence electrons. The molecule has 0 unspecified atom stereocenters. The van der Waals surface area contributed by atoms with Crippen molar-refractivity contribution in [3.05, 3.63) is 29.8 Å². The van der Waals surface area contributed by atoms with E-state index >= 15 is 0 Å². The molecule has 0 atom stereocenters. The molecule has 1 rings (SSSR count). The van der Waals surface area contributed by atoms with Gasteiger partial charge in [0.25, 0.3) is 8.32 Å². The molecular weight excluding hydrogens is 427 g/mol. The molecule has 0 aliphatic rings. The highest BCUT2D eigenvalue weighted by atomic mass is 28.4. The quantitative estimate of drug-likeness (QED) is 0.466. The van der Waals surface area contributed by atoms with E-state index in [1.54, 1.807) is 13.1 Å². The molecule has 1 amide bonds. The number of carbonyl (C=O) groups is 2. The largest absolute Gasteiger partial charge is 0.516 e. The Kier molecular flexibility index (Phi) is 7.17. The van der Waals surface area contributed by atoms with Crippen molar-refractivity contribution in [3.8, 4) is 0 Å². The van der Waals surface area contributed by atoms with Crippen molar-refractivity contribution in [2.24, 2.45) is 0 Å². The van der Waals surface area contributed by atoms with Gasteiger partial charge in [0.05, 0.1) is 5.56 Å². The van der Waals surface area contributed by atoms with Gasteiger partial charge in [0.2, 0.25) is 0 Å². The minimum atomic E-state index is -5.02. The Bertz CT molecular complexity index is 807. The molecule has 9 heteroatoms.